The Kier molecular flexibility index (Phi) is 6.46. The highest BCUT2D eigenvalue weighted by atomic mass is 16.1. The molecule has 2 heteroatoms. The highest BCUT2D eigenvalue weighted by Crippen LogP contribution is 2.04. The zero-order chi connectivity index (χ0) is 11.0. The van der Waals surface area contributed by atoms with Crippen LogP contribution in [0.1, 0.15) is 33.3 Å². The minimum atomic E-state index is -0.278. The fourth-order valence-electron chi connectivity index (χ4n) is 1.09. The van der Waals surface area contributed by atoms with Gasteiger partial charge in [0, 0.05) is 1.43 Å². The lowest BCUT2D eigenvalue weighted by Crippen LogP contribution is -2.13. The van der Waals surface area contributed by atoms with E-state index in [2.05, 4.69) is 6.92 Å². The van der Waals surface area contributed by atoms with Crippen molar-refractivity contribution in [1.82, 2.24) is 0 Å². The standard InChI is InChI=1S/C10H13NO.C2H6.H2/c1-2-8-3-5-9(6-4-8)7-10(11)12;1-2;/h3-6H,2,7H2,1H3,(H2,11,12);1-2H3;1H. The third kappa shape index (κ3) is 4.65. The van der Waals surface area contributed by atoms with E-state index in [9.17, 15) is 4.79 Å². The average molecular weight is 195 g/mol. The van der Waals surface area contributed by atoms with Crippen LogP contribution in [0.2, 0.25) is 0 Å². The normalized spacial score (nSPS) is 8.79. The molecule has 1 amide bonds. The summed E-state index contributed by atoms with van der Waals surface area (Å²) in [5.41, 5.74) is 7.32. The molecule has 0 aliphatic heterocycles. The first-order valence-corrected chi connectivity index (χ1v) is 5.08. The van der Waals surface area contributed by atoms with Crippen LogP contribution < -0.4 is 5.73 Å². The number of carbonyl (C=O) groups excluding carboxylic acids is 1. The molecule has 0 unspecified atom stereocenters. The molecule has 0 atom stereocenters. The van der Waals surface area contributed by atoms with Gasteiger partial charge in [0.15, 0.2) is 0 Å². The Morgan fingerprint density at radius 2 is 1.64 bits per heavy atom. The van der Waals surface area contributed by atoms with Gasteiger partial charge in [-0.3, -0.25) is 4.79 Å². The zero-order valence-corrected chi connectivity index (χ0v) is 9.21. The first-order valence-electron chi connectivity index (χ1n) is 5.08. The Bertz CT molecular complexity index is 269. The van der Waals surface area contributed by atoms with E-state index in [0.717, 1.165) is 12.0 Å². The van der Waals surface area contributed by atoms with Gasteiger partial charge in [-0.25, -0.2) is 0 Å². The molecule has 0 saturated carbocycles. The van der Waals surface area contributed by atoms with Crippen molar-refractivity contribution in [2.24, 2.45) is 5.73 Å². The second-order valence-electron chi connectivity index (χ2n) is 2.81. The first kappa shape index (κ1) is 12.7. The predicted molar refractivity (Wildman–Crippen MR) is 62.2 cm³/mol. The van der Waals surface area contributed by atoms with Crippen LogP contribution in [-0.2, 0) is 17.6 Å². The topological polar surface area (TPSA) is 43.1 Å². The number of aryl methyl sites for hydroxylation is 1. The monoisotopic (exact) mass is 195 g/mol. The lowest BCUT2D eigenvalue weighted by atomic mass is 10.1. The molecule has 2 nitrogen and oxygen atoms in total. The molecule has 0 fully saturated rings. The minimum absolute atomic E-state index is 0. The van der Waals surface area contributed by atoms with E-state index < -0.39 is 0 Å². The number of hydrogen-bond acceptors (Lipinski definition) is 1. The van der Waals surface area contributed by atoms with Gasteiger partial charge in [-0.15, -0.1) is 0 Å². The molecule has 0 heterocycles. The summed E-state index contributed by atoms with van der Waals surface area (Å²) in [6, 6.07) is 7.95. The summed E-state index contributed by atoms with van der Waals surface area (Å²) in [6.45, 7) is 6.10. The van der Waals surface area contributed by atoms with Gasteiger partial charge < -0.3 is 5.73 Å². The molecular formula is C12H21NO. The molecule has 80 valence electrons. The van der Waals surface area contributed by atoms with Gasteiger partial charge in [-0.05, 0) is 17.5 Å². The molecular weight excluding hydrogens is 174 g/mol. The molecule has 2 N–H and O–H groups in total. The van der Waals surface area contributed by atoms with Crippen LogP contribution in [0.3, 0.4) is 0 Å². The fraction of sp³-hybridized carbons (Fsp3) is 0.417. The number of amides is 1. The Labute approximate surface area is 87.6 Å². The molecule has 0 aliphatic carbocycles. The Morgan fingerprint density at radius 1 is 1.21 bits per heavy atom. The minimum Gasteiger partial charge on any atom is -0.369 e. The van der Waals surface area contributed by atoms with Gasteiger partial charge in [-0.1, -0.05) is 45.0 Å². The number of primary amides is 1. The van der Waals surface area contributed by atoms with Crippen molar-refractivity contribution in [2.45, 2.75) is 33.6 Å². The quantitative estimate of drug-likeness (QED) is 0.791. The molecule has 0 spiro atoms. The summed E-state index contributed by atoms with van der Waals surface area (Å²) in [7, 11) is 0. The molecule has 0 aliphatic rings. The largest absolute Gasteiger partial charge is 0.369 e. The van der Waals surface area contributed by atoms with E-state index in [1.54, 1.807) is 0 Å². The van der Waals surface area contributed by atoms with Gasteiger partial charge >= 0.3 is 0 Å². The van der Waals surface area contributed by atoms with Crippen molar-refractivity contribution in [1.29, 1.82) is 0 Å². The van der Waals surface area contributed by atoms with Crippen molar-refractivity contribution in [3.8, 4) is 0 Å². The van der Waals surface area contributed by atoms with Crippen LogP contribution in [-0.4, -0.2) is 5.91 Å². The SMILES string of the molecule is CC.CCc1ccc(CC(N)=O)cc1.[HH]. The lowest BCUT2D eigenvalue weighted by molar-refractivity contribution is -0.117. The van der Waals surface area contributed by atoms with Crippen LogP contribution >= 0.6 is 0 Å². The van der Waals surface area contributed by atoms with Crippen LogP contribution in [0.5, 0.6) is 0 Å². The van der Waals surface area contributed by atoms with E-state index in [0.29, 0.717) is 6.42 Å². The molecule has 0 bridgehead atoms. The van der Waals surface area contributed by atoms with Crippen LogP contribution in [0.25, 0.3) is 0 Å². The van der Waals surface area contributed by atoms with Crippen LogP contribution in [0.15, 0.2) is 24.3 Å². The summed E-state index contributed by atoms with van der Waals surface area (Å²) in [5, 5.41) is 0. The number of hydrogen-bond donors (Lipinski definition) is 1. The van der Waals surface area contributed by atoms with Crippen molar-refractivity contribution in [3.63, 3.8) is 0 Å². The van der Waals surface area contributed by atoms with Gasteiger partial charge in [0.1, 0.15) is 0 Å². The van der Waals surface area contributed by atoms with E-state index in [1.807, 2.05) is 38.1 Å². The third-order valence-corrected chi connectivity index (χ3v) is 1.81. The highest BCUT2D eigenvalue weighted by molar-refractivity contribution is 5.76. The molecule has 0 saturated heterocycles. The van der Waals surface area contributed by atoms with Crippen molar-refractivity contribution >= 4 is 5.91 Å². The smallest absolute Gasteiger partial charge is 0.221 e. The average Bonchev–Trinajstić information content (AvgIpc) is 2.21. The van der Waals surface area contributed by atoms with Gasteiger partial charge in [-0.2, -0.15) is 0 Å². The van der Waals surface area contributed by atoms with Crippen molar-refractivity contribution in [3.05, 3.63) is 35.4 Å². The molecule has 1 rings (SSSR count). The molecule has 1 aromatic rings. The summed E-state index contributed by atoms with van der Waals surface area (Å²) in [6.07, 6.45) is 1.36. The number of nitrogens with two attached hydrogens (primary N) is 1. The molecule has 0 aromatic heterocycles. The summed E-state index contributed by atoms with van der Waals surface area (Å²) in [5.74, 6) is -0.278. The number of carbonyl (C=O) groups is 1. The maximum atomic E-state index is 10.5. The zero-order valence-electron chi connectivity index (χ0n) is 9.21. The highest BCUT2D eigenvalue weighted by Gasteiger charge is 1.96. The lowest BCUT2D eigenvalue weighted by Gasteiger charge is -1.99. The van der Waals surface area contributed by atoms with Gasteiger partial charge in [0.2, 0.25) is 5.91 Å². The molecule has 1 aromatic carbocycles. The number of benzene rings is 1. The van der Waals surface area contributed by atoms with Crippen LogP contribution in [0, 0.1) is 0 Å². The third-order valence-electron chi connectivity index (χ3n) is 1.81. The Morgan fingerprint density at radius 3 is 2.00 bits per heavy atom. The Hall–Kier alpha value is -1.31. The maximum absolute atomic E-state index is 10.5. The summed E-state index contributed by atoms with van der Waals surface area (Å²) in [4.78, 5) is 10.5. The van der Waals surface area contributed by atoms with Gasteiger partial charge in [0.25, 0.3) is 0 Å². The van der Waals surface area contributed by atoms with Crippen molar-refractivity contribution in [2.75, 3.05) is 0 Å². The molecule has 0 radical (unpaired) electrons. The summed E-state index contributed by atoms with van der Waals surface area (Å²) < 4.78 is 0. The van der Waals surface area contributed by atoms with E-state index in [-0.39, 0.29) is 7.33 Å². The van der Waals surface area contributed by atoms with E-state index in [1.165, 1.54) is 5.56 Å². The van der Waals surface area contributed by atoms with Crippen LogP contribution in [0.4, 0.5) is 0 Å². The van der Waals surface area contributed by atoms with E-state index >= 15 is 0 Å². The predicted octanol–water partition coefficient (Wildman–Crippen LogP) is 2.55. The Balaban J connectivity index is 0. The summed E-state index contributed by atoms with van der Waals surface area (Å²) >= 11 is 0. The van der Waals surface area contributed by atoms with Crippen molar-refractivity contribution < 1.29 is 6.22 Å². The maximum Gasteiger partial charge on any atom is 0.221 e. The second-order valence-corrected chi connectivity index (χ2v) is 2.81. The first-order chi connectivity index (χ1) is 6.72. The van der Waals surface area contributed by atoms with Gasteiger partial charge in [0.05, 0.1) is 6.42 Å². The number of rotatable bonds is 3. The van der Waals surface area contributed by atoms with E-state index in [4.69, 9.17) is 5.73 Å². The molecule has 14 heavy (non-hydrogen) atoms. The second kappa shape index (κ2) is 7.13. The fourth-order valence-corrected chi connectivity index (χ4v) is 1.09.